The van der Waals surface area contributed by atoms with Gasteiger partial charge in [-0.05, 0) is 38.5 Å². The smallest absolute Gasteiger partial charge is 0.0594 e. The molecule has 0 aliphatic carbocycles. The van der Waals surface area contributed by atoms with Gasteiger partial charge in [-0.25, -0.2) is 0 Å². The molecule has 0 rings (SSSR count). The van der Waals surface area contributed by atoms with Crippen LogP contribution in [0.2, 0.25) is 0 Å². The van der Waals surface area contributed by atoms with Crippen molar-refractivity contribution in [3.05, 3.63) is 0 Å². The first-order valence-electron chi connectivity index (χ1n) is 18.1. The summed E-state index contributed by atoms with van der Waals surface area (Å²) >= 11 is 0. The van der Waals surface area contributed by atoms with Gasteiger partial charge < -0.3 is 0 Å². The molecule has 0 aromatic heterocycles. The van der Waals surface area contributed by atoms with E-state index >= 15 is 0 Å². The number of rotatable bonds is 32. The van der Waals surface area contributed by atoms with Gasteiger partial charge in [-0.15, -0.1) is 0 Å². The highest BCUT2D eigenvalue weighted by atomic mass is 31.2. The van der Waals surface area contributed by atoms with E-state index in [0.29, 0.717) is 0 Å². The zero-order valence-corrected chi connectivity index (χ0v) is 28.0. The van der Waals surface area contributed by atoms with Crippen molar-refractivity contribution in [1.82, 2.24) is 0 Å². The molecule has 0 unspecified atom stereocenters. The fraction of sp³-hybridized carbons (Fsp3) is 1.00. The molecular formula is C36H76P+. The Morgan fingerprint density at radius 1 is 0.216 bits per heavy atom. The predicted octanol–water partition coefficient (Wildman–Crippen LogP) is 14.0. The maximum atomic E-state index is 2.42. The molecule has 37 heavy (non-hydrogen) atoms. The first kappa shape index (κ1) is 37.4. The van der Waals surface area contributed by atoms with Gasteiger partial charge >= 0.3 is 0 Å². The number of hydrogen-bond donors (Lipinski definition) is 0. The van der Waals surface area contributed by atoms with Crippen LogP contribution >= 0.6 is 7.26 Å². The summed E-state index contributed by atoms with van der Waals surface area (Å²) in [7, 11) is -0.689. The monoisotopic (exact) mass is 540 g/mol. The molecule has 0 fully saturated rings. The van der Waals surface area contributed by atoms with Gasteiger partial charge in [0.15, 0.2) is 0 Å². The highest BCUT2D eigenvalue weighted by Gasteiger charge is 2.34. The van der Waals surface area contributed by atoms with Crippen molar-refractivity contribution in [2.75, 3.05) is 24.6 Å². The van der Waals surface area contributed by atoms with Crippen molar-refractivity contribution in [3.63, 3.8) is 0 Å². The van der Waals surface area contributed by atoms with Crippen molar-refractivity contribution in [1.29, 1.82) is 0 Å². The molecule has 0 aromatic rings. The Morgan fingerprint density at radius 3 is 0.649 bits per heavy atom. The van der Waals surface area contributed by atoms with Gasteiger partial charge in [-0.1, -0.05) is 169 Å². The standard InChI is InChI=1S/C36H76P/c1-5-9-13-15-17-19-21-23-25-27-29-31-35-37(33-11-7-3,34-12-8-4)36-32-30-28-26-24-22-20-18-16-14-10-6-2/h5-36H2,1-4H3/q+1. The lowest BCUT2D eigenvalue weighted by Crippen LogP contribution is -2.13. The second kappa shape index (κ2) is 31.0. The molecule has 0 aliphatic heterocycles. The second-order valence-corrected chi connectivity index (χ2v) is 17.2. The van der Waals surface area contributed by atoms with E-state index in [1.165, 1.54) is 167 Å². The quantitative estimate of drug-likeness (QED) is 0.0589. The molecule has 0 radical (unpaired) electrons. The molecule has 0 bridgehead atoms. The van der Waals surface area contributed by atoms with Crippen LogP contribution in [0.25, 0.3) is 0 Å². The lowest BCUT2D eigenvalue weighted by Gasteiger charge is -2.28. The molecule has 224 valence electrons. The van der Waals surface area contributed by atoms with E-state index in [9.17, 15) is 0 Å². The van der Waals surface area contributed by atoms with E-state index in [0.717, 1.165) is 0 Å². The maximum absolute atomic E-state index is 2.42. The fourth-order valence-electron chi connectivity index (χ4n) is 6.23. The van der Waals surface area contributed by atoms with Crippen LogP contribution in [0.1, 0.15) is 207 Å². The number of hydrogen-bond acceptors (Lipinski definition) is 0. The summed E-state index contributed by atoms with van der Waals surface area (Å²) < 4.78 is 0. The molecule has 0 N–H and O–H groups in total. The van der Waals surface area contributed by atoms with Crippen LogP contribution in [0.3, 0.4) is 0 Å². The van der Waals surface area contributed by atoms with Gasteiger partial charge in [-0.3, -0.25) is 0 Å². The van der Waals surface area contributed by atoms with E-state index in [-0.39, 0.29) is 0 Å². The van der Waals surface area contributed by atoms with Gasteiger partial charge in [-0.2, -0.15) is 0 Å². The van der Waals surface area contributed by atoms with Crippen molar-refractivity contribution in [3.8, 4) is 0 Å². The Kier molecular flexibility index (Phi) is 31.3. The summed E-state index contributed by atoms with van der Waals surface area (Å²) in [5.41, 5.74) is 0. The van der Waals surface area contributed by atoms with E-state index in [4.69, 9.17) is 0 Å². The third kappa shape index (κ3) is 26.4. The Balaban J connectivity index is 4.06. The Morgan fingerprint density at radius 2 is 0.405 bits per heavy atom. The summed E-state index contributed by atoms with van der Waals surface area (Å²) in [6.07, 6.45) is 48.0. The maximum Gasteiger partial charge on any atom is 0.0594 e. The minimum Gasteiger partial charge on any atom is -0.0654 e. The third-order valence-corrected chi connectivity index (χ3v) is 14.0. The SMILES string of the molecule is CCCCCCCCCCCCCC[P+](CCCC)(CCCC)CCCCCCCCCCCCCC. The average molecular weight is 540 g/mol. The van der Waals surface area contributed by atoms with Crippen molar-refractivity contribution >= 4 is 7.26 Å². The van der Waals surface area contributed by atoms with Crippen LogP contribution < -0.4 is 0 Å². The van der Waals surface area contributed by atoms with Crippen molar-refractivity contribution in [2.24, 2.45) is 0 Å². The highest BCUT2D eigenvalue weighted by molar-refractivity contribution is 7.75. The molecule has 0 saturated carbocycles. The van der Waals surface area contributed by atoms with E-state index in [2.05, 4.69) is 27.7 Å². The molecule has 1 heteroatoms. The highest BCUT2D eigenvalue weighted by Crippen LogP contribution is 2.61. The van der Waals surface area contributed by atoms with Crippen LogP contribution in [0.4, 0.5) is 0 Å². The Labute approximate surface area is 239 Å². The predicted molar refractivity (Wildman–Crippen MR) is 178 cm³/mol. The van der Waals surface area contributed by atoms with Crippen molar-refractivity contribution in [2.45, 2.75) is 207 Å². The van der Waals surface area contributed by atoms with Gasteiger partial charge in [0.1, 0.15) is 0 Å². The zero-order chi connectivity index (χ0) is 27.1. The molecule has 0 spiro atoms. The van der Waals surface area contributed by atoms with Gasteiger partial charge in [0, 0.05) is 7.26 Å². The molecule has 0 heterocycles. The number of unbranched alkanes of at least 4 members (excludes halogenated alkanes) is 24. The average Bonchev–Trinajstić information content (AvgIpc) is 2.91. The summed E-state index contributed by atoms with van der Waals surface area (Å²) in [5, 5.41) is 0. The molecule has 0 atom stereocenters. The van der Waals surface area contributed by atoms with Gasteiger partial charge in [0.05, 0.1) is 24.6 Å². The van der Waals surface area contributed by atoms with Gasteiger partial charge in [0.2, 0.25) is 0 Å². The van der Waals surface area contributed by atoms with Gasteiger partial charge in [0.25, 0.3) is 0 Å². The largest absolute Gasteiger partial charge is 0.0654 e. The molecule has 0 nitrogen and oxygen atoms in total. The fourth-order valence-corrected chi connectivity index (χ4v) is 11.3. The minimum absolute atomic E-state index is 0.689. The topological polar surface area (TPSA) is 0 Å². The Bertz CT molecular complexity index is 365. The summed E-state index contributed by atoms with van der Waals surface area (Å²) in [6.45, 7) is 9.47. The van der Waals surface area contributed by atoms with E-state index < -0.39 is 7.26 Å². The summed E-state index contributed by atoms with van der Waals surface area (Å²) in [6, 6.07) is 0. The third-order valence-electron chi connectivity index (χ3n) is 8.94. The first-order chi connectivity index (χ1) is 18.2. The van der Waals surface area contributed by atoms with Crippen LogP contribution in [0, 0.1) is 0 Å². The zero-order valence-electron chi connectivity index (χ0n) is 27.1. The van der Waals surface area contributed by atoms with Crippen molar-refractivity contribution < 1.29 is 0 Å². The molecular weight excluding hydrogens is 463 g/mol. The first-order valence-corrected chi connectivity index (χ1v) is 20.6. The lowest BCUT2D eigenvalue weighted by atomic mass is 10.1. The van der Waals surface area contributed by atoms with Crippen LogP contribution in [0.15, 0.2) is 0 Å². The molecule has 0 aliphatic rings. The molecule has 0 aromatic carbocycles. The molecule has 0 amide bonds. The lowest BCUT2D eigenvalue weighted by molar-refractivity contribution is 0.547. The normalized spacial score (nSPS) is 12.0. The van der Waals surface area contributed by atoms with Crippen LogP contribution in [-0.2, 0) is 0 Å². The summed E-state index contributed by atoms with van der Waals surface area (Å²) in [5.74, 6) is 0. The minimum atomic E-state index is -0.689. The second-order valence-electron chi connectivity index (χ2n) is 12.7. The van der Waals surface area contributed by atoms with Crippen LogP contribution in [-0.4, -0.2) is 24.6 Å². The Hall–Kier alpha value is 0.430. The van der Waals surface area contributed by atoms with E-state index in [1.807, 2.05) is 0 Å². The van der Waals surface area contributed by atoms with E-state index in [1.54, 1.807) is 37.5 Å². The van der Waals surface area contributed by atoms with Crippen LogP contribution in [0.5, 0.6) is 0 Å². The summed E-state index contributed by atoms with van der Waals surface area (Å²) in [4.78, 5) is 0. The molecule has 0 saturated heterocycles.